The zero-order valence-electron chi connectivity index (χ0n) is 9.30. The van der Waals surface area contributed by atoms with Crippen LogP contribution in [0.3, 0.4) is 0 Å². The molecule has 1 N–H and O–H groups in total. The molecule has 0 aromatic heterocycles. The molecule has 0 saturated heterocycles. The Labute approximate surface area is 110 Å². The predicted molar refractivity (Wildman–Crippen MR) is 70.3 cm³/mol. The molecule has 1 rings (SSSR count). The summed E-state index contributed by atoms with van der Waals surface area (Å²) in [7, 11) is 0. The standard InChI is InChI=1S/C12H14BrClN2/c1-8(2)7-16-12(6-15)9-3-4-11(14)10(13)5-9/h3-5,8,12,16H,7H2,1-2H3. The normalized spacial score (nSPS) is 12.5. The molecule has 0 bridgehead atoms. The van der Waals surface area contributed by atoms with E-state index in [1.807, 2.05) is 12.1 Å². The second kappa shape index (κ2) is 6.24. The van der Waals surface area contributed by atoms with Gasteiger partial charge in [-0.25, -0.2) is 0 Å². The van der Waals surface area contributed by atoms with Crippen LogP contribution in [0.4, 0.5) is 0 Å². The van der Waals surface area contributed by atoms with E-state index in [-0.39, 0.29) is 6.04 Å². The van der Waals surface area contributed by atoms with E-state index in [1.54, 1.807) is 6.07 Å². The van der Waals surface area contributed by atoms with Crippen molar-refractivity contribution >= 4 is 27.5 Å². The summed E-state index contributed by atoms with van der Waals surface area (Å²) >= 11 is 9.26. The SMILES string of the molecule is CC(C)CNC(C#N)c1ccc(Cl)c(Br)c1. The minimum Gasteiger partial charge on any atom is -0.298 e. The molecular weight excluding hydrogens is 288 g/mol. The quantitative estimate of drug-likeness (QED) is 0.915. The van der Waals surface area contributed by atoms with Gasteiger partial charge in [-0.05, 0) is 46.1 Å². The fourth-order valence-electron chi connectivity index (χ4n) is 1.28. The van der Waals surface area contributed by atoms with Gasteiger partial charge in [-0.15, -0.1) is 0 Å². The van der Waals surface area contributed by atoms with Crippen LogP contribution in [0.5, 0.6) is 0 Å². The van der Waals surface area contributed by atoms with Crippen molar-refractivity contribution in [2.24, 2.45) is 5.92 Å². The average Bonchev–Trinajstić information content (AvgIpc) is 2.23. The molecule has 0 radical (unpaired) electrons. The number of rotatable bonds is 4. The molecule has 1 aromatic carbocycles. The lowest BCUT2D eigenvalue weighted by atomic mass is 10.1. The number of benzene rings is 1. The molecule has 1 aromatic rings. The summed E-state index contributed by atoms with van der Waals surface area (Å²) in [5.41, 5.74) is 0.930. The van der Waals surface area contributed by atoms with Crippen LogP contribution in [0, 0.1) is 17.2 Å². The van der Waals surface area contributed by atoms with Crippen molar-refractivity contribution in [3.63, 3.8) is 0 Å². The number of nitriles is 1. The van der Waals surface area contributed by atoms with Gasteiger partial charge >= 0.3 is 0 Å². The van der Waals surface area contributed by atoms with E-state index in [0.717, 1.165) is 16.6 Å². The molecule has 1 atom stereocenters. The average molecular weight is 302 g/mol. The summed E-state index contributed by atoms with van der Waals surface area (Å²) in [4.78, 5) is 0. The van der Waals surface area contributed by atoms with E-state index in [9.17, 15) is 0 Å². The van der Waals surface area contributed by atoms with Gasteiger partial charge < -0.3 is 0 Å². The first kappa shape index (κ1) is 13.5. The monoisotopic (exact) mass is 300 g/mol. The highest BCUT2D eigenvalue weighted by molar-refractivity contribution is 9.10. The van der Waals surface area contributed by atoms with Gasteiger partial charge in [-0.2, -0.15) is 5.26 Å². The topological polar surface area (TPSA) is 35.8 Å². The highest BCUT2D eigenvalue weighted by Gasteiger charge is 2.11. The third-order valence-corrected chi connectivity index (χ3v) is 3.35. The predicted octanol–water partition coefficient (Wildman–Crippen LogP) is 3.91. The van der Waals surface area contributed by atoms with Crippen LogP contribution in [-0.2, 0) is 0 Å². The molecule has 0 aliphatic carbocycles. The summed E-state index contributed by atoms with van der Waals surface area (Å²) in [5, 5.41) is 13.0. The number of halogens is 2. The lowest BCUT2D eigenvalue weighted by molar-refractivity contribution is 0.525. The Morgan fingerprint density at radius 2 is 2.19 bits per heavy atom. The number of nitrogens with one attached hydrogen (secondary N) is 1. The van der Waals surface area contributed by atoms with Gasteiger partial charge in [0.05, 0.1) is 11.1 Å². The first-order valence-electron chi connectivity index (χ1n) is 5.12. The van der Waals surface area contributed by atoms with Gasteiger partial charge in [0, 0.05) is 4.47 Å². The van der Waals surface area contributed by atoms with Crippen LogP contribution in [0.25, 0.3) is 0 Å². The second-order valence-corrected chi connectivity index (χ2v) is 5.30. The van der Waals surface area contributed by atoms with Gasteiger partial charge in [-0.1, -0.05) is 31.5 Å². The van der Waals surface area contributed by atoms with Gasteiger partial charge in [0.15, 0.2) is 0 Å². The van der Waals surface area contributed by atoms with Crippen LogP contribution in [0.1, 0.15) is 25.5 Å². The van der Waals surface area contributed by atoms with Crippen molar-refractivity contribution in [3.05, 3.63) is 33.3 Å². The molecule has 2 nitrogen and oxygen atoms in total. The largest absolute Gasteiger partial charge is 0.298 e. The van der Waals surface area contributed by atoms with Gasteiger partial charge in [-0.3, -0.25) is 5.32 Å². The van der Waals surface area contributed by atoms with Crippen molar-refractivity contribution in [1.29, 1.82) is 5.26 Å². The van der Waals surface area contributed by atoms with E-state index in [4.69, 9.17) is 16.9 Å². The summed E-state index contributed by atoms with van der Waals surface area (Å²) in [5.74, 6) is 0.520. The van der Waals surface area contributed by atoms with Crippen molar-refractivity contribution in [1.82, 2.24) is 5.32 Å². The molecule has 16 heavy (non-hydrogen) atoms. The minimum absolute atomic E-state index is 0.282. The molecule has 0 spiro atoms. The lowest BCUT2D eigenvalue weighted by Crippen LogP contribution is -2.24. The molecule has 4 heteroatoms. The van der Waals surface area contributed by atoms with Crippen molar-refractivity contribution < 1.29 is 0 Å². The fourth-order valence-corrected chi connectivity index (χ4v) is 1.80. The zero-order valence-corrected chi connectivity index (χ0v) is 11.6. The molecule has 1 unspecified atom stereocenters. The maximum atomic E-state index is 9.09. The second-order valence-electron chi connectivity index (χ2n) is 4.04. The van der Waals surface area contributed by atoms with Crippen LogP contribution in [0.2, 0.25) is 5.02 Å². The molecule has 0 aliphatic rings. The summed E-state index contributed by atoms with van der Waals surface area (Å²) < 4.78 is 0.818. The molecule has 0 heterocycles. The molecular formula is C12H14BrClN2. The van der Waals surface area contributed by atoms with Crippen LogP contribution >= 0.6 is 27.5 Å². The summed E-state index contributed by atoms with van der Waals surface area (Å²) in [6, 6.07) is 7.51. The Morgan fingerprint density at radius 3 is 2.69 bits per heavy atom. The first-order valence-corrected chi connectivity index (χ1v) is 6.29. The van der Waals surface area contributed by atoms with E-state index in [1.165, 1.54) is 0 Å². The third-order valence-electron chi connectivity index (χ3n) is 2.14. The molecule has 0 aliphatic heterocycles. The lowest BCUT2D eigenvalue weighted by Gasteiger charge is -2.14. The Kier molecular flexibility index (Phi) is 5.27. The molecule has 86 valence electrons. The van der Waals surface area contributed by atoms with Crippen molar-refractivity contribution in [2.75, 3.05) is 6.54 Å². The highest BCUT2D eigenvalue weighted by Crippen LogP contribution is 2.25. The fraction of sp³-hybridized carbons (Fsp3) is 0.417. The van der Waals surface area contributed by atoms with Crippen molar-refractivity contribution in [2.45, 2.75) is 19.9 Å². The number of hydrogen-bond donors (Lipinski definition) is 1. The van der Waals surface area contributed by atoms with E-state index in [2.05, 4.69) is 41.2 Å². The highest BCUT2D eigenvalue weighted by atomic mass is 79.9. The van der Waals surface area contributed by atoms with Crippen LogP contribution in [-0.4, -0.2) is 6.54 Å². The number of hydrogen-bond acceptors (Lipinski definition) is 2. The number of nitrogens with zero attached hydrogens (tertiary/aromatic N) is 1. The van der Waals surface area contributed by atoms with E-state index in [0.29, 0.717) is 10.9 Å². The van der Waals surface area contributed by atoms with Crippen LogP contribution < -0.4 is 5.32 Å². The van der Waals surface area contributed by atoms with Gasteiger partial charge in [0.25, 0.3) is 0 Å². The summed E-state index contributed by atoms with van der Waals surface area (Å²) in [6.45, 7) is 5.04. The Hall–Kier alpha value is -0.560. The third kappa shape index (κ3) is 3.79. The van der Waals surface area contributed by atoms with Crippen molar-refractivity contribution in [3.8, 4) is 6.07 Å². The van der Waals surface area contributed by atoms with E-state index < -0.39 is 0 Å². The molecule has 0 amide bonds. The Morgan fingerprint density at radius 1 is 1.50 bits per heavy atom. The van der Waals surface area contributed by atoms with Crippen LogP contribution in [0.15, 0.2) is 22.7 Å². The van der Waals surface area contributed by atoms with E-state index >= 15 is 0 Å². The maximum absolute atomic E-state index is 9.09. The molecule has 0 saturated carbocycles. The first-order chi connectivity index (χ1) is 7.54. The minimum atomic E-state index is -0.282. The smallest absolute Gasteiger partial charge is 0.121 e. The Balaban J connectivity index is 2.80. The Bertz CT molecular complexity index is 398. The van der Waals surface area contributed by atoms with Gasteiger partial charge in [0.1, 0.15) is 6.04 Å². The van der Waals surface area contributed by atoms with Gasteiger partial charge in [0.2, 0.25) is 0 Å². The summed E-state index contributed by atoms with van der Waals surface area (Å²) in [6.07, 6.45) is 0. The zero-order chi connectivity index (χ0) is 12.1. The molecule has 0 fully saturated rings. The maximum Gasteiger partial charge on any atom is 0.121 e.